The molecule has 0 aliphatic heterocycles. The molecule has 0 atom stereocenters. The van der Waals surface area contributed by atoms with Crippen LogP contribution in [0.3, 0.4) is 0 Å². The lowest BCUT2D eigenvalue weighted by Gasteiger charge is -2.11. The van der Waals surface area contributed by atoms with E-state index in [1.54, 1.807) is 0 Å². The van der Waals surface area contributed by atoms with E-state index in [0.29, 0.717) is 5.56 Å². The number of nitrogens with two attached hydrogens (primary N) is 1. The van der Waals surface area contributed by atoms with Crippen LogP contribution in [0.15, 0.2) is 42.7 Å². The van der Waals surface area contributed by atoms with Gasteiger partial charge in [-0.3, -0.25) is 15.2 Å². The molecule has 5 nitrogen and oxygen atoms in total. The molecule has 2 rings (SSSR count). The Kier molecular flexibility index (Phi) is 4.63. The van der Waals surface area contributed by atoms with Crippen molar-refractivity contribution >= 4 is 11.7 Å². The lowest BCUT2D eigenvalue weighted by Crippen LogP contribution is -2.26. The van der Waals surface area contributed by atoms with E-state index in [9.17, 15) is 18.0 Å². The van der Waals surface area contributed by atoms with E-state index in [4.69, 9.17) is 11.1 Å². The molecule has 23 heavy (non-hydrogen) atoms. The number of carbonyl (C=O) groups is 1. The van der Waals surface area contributed by atoms with Crippen molar-refractivity contribution in [2.24, 2.45) is 5.73 Å². The smallest absolute Gasteiger partial charge is 0.384 e. The summed E-state index contributed by atoms with van der Waals surface area (Å²) in [4.78, 5) is 15.9. The summed E-state index contributed by atoms with van der Waals surface area (Å²) < 4.78 is 37.9. The molecule has 0 aliphatic carbocycles. The molecule has 120 valence electrons. The molecule has 0 fully saturated rings. The predicted molar refractivity (Wildman–Crippen MR) is 77.9 cm³/mol. The number of amidine groups is 1. The Hall–Kier alpha value is -2.90. The minimum atomic E-state index is -4.44. The first-order valence-corrected chi connectivity index (χ1v) is 6.52. The molecular formula is C15H13F3N4O. The molecule has 1 amide bonds. The molecule has 1 aromatic carbocycles. The number of nitrogens with one attached hydrogen (secondary N) is 2. The highest BCUT2D eigenvalue weighted by atomic mass is 19.4. The number of hydrogen-bond acceptors (Lipinski definition) is 3. The molecule has 8 heteroatoms. The van der Waals surface area contributed by atoms with E-state index >= 15 is 0 Å². The molecule has 0 aliphatic rings. The highest BCUT2D eigenvalue weighted by molar-refractivity contribution is 6.07. The molecule has 0 saturated carbocycles. The van der Waals surface area contributed by atoms with E-state index in [1.807, 2.05) is 0 Å². The highest BCUT2D eigenvalue weighted by Crippen LogP contribution is 2.29. The van der Waals surface area contributed by atoms with Crippen LogP contribution in [0.1, 0.15) is 27.0 Å². The SMILES string of the molecule is N=C(N)c1cnccc1C(=O)NCc1cccc(C(F)(F)F)c1. The summed E-state index contributed by atoms with van der Waals surface area (Å²) in [7, 11) is 0. The fraction of sp³-hybridized carbons (Fsp3) is 0.133. The van der Waals surface area contributed by atoms with Crippen molar-refractivity contribution in [2.45, 2.75) is 12.7 Å². The van der Waals surface area contributed by atoms with Gasteiger partial charge in [0.15, 0.2) is 0 Å². The molecule has 0 spiro atoms. The van der Waals surface area contributed by atoms with E-state index < -0.39 is 17.6 Å². The second kappa shape index (κ2) is 6.47. The number of nitrogen functional groups attached to an aromatic ring is 1. The van der Waals surface area contributed by atoms with Crippen molar-refractivity contribution in [3.63, 3.8) is 0 Å². The van der Waals surface area contributed by atoms with Gasteiger partial charge in [0.2, 0.25) is 0 Å². The van der Waals surface area contributed by atoms with Crippen LogP contribution < -0.4 is 11.1 Å². The molecule has 4 N–H and O–H groups in total. The summed E-state index contributed by atoms with van der Waals surface area (Å²) in [5.41, 5.74) is 5.20. The quantitative estimate of drug-likeness (QED) is 0.596. The first kappa shape index (κ1) is 16.5. The van der Waals surface area contributed by atoms with Gasteiger partial charge in [0.25, 0.3) is 5.91 Å². The number of benzene rings is 1. The third-order valence-corrected chi connectivity index (χ3v) is 3.06. The maximum atomic E-state index is 12.6. The number of rotatable bonds is 4. The molecule has 1 aromatic heterocycles. The first-order valence-electron chi connectivity index (χ1n) is 6.52. The van der Waals surface area contributed by atoms with Crippen LogP contribution in [0, 0.1) is 5.41 Å². The normalized spacial score (nSPS) is 11.1. The van der Waals surface area contributed by atoms with Gasteiger partial charge in [-0.15, -0.1) is 0 Å². The average molecular weight is 322 g/mol. The Morgan fingerprint density at radius 2 is 2.00 bits per heavy atom. The number of nitrogens with zero attached hydrogens (tertiary/aromatic N) is 1. The summed E-state index contributed by atoms with van der Waals surface area (Å²) in [6.45, 7) is -0.0809. The second-order valence-corrected chi connectivity index (χ2v) is 4.72. The van der Waals surface area contributed by atoms with Crippen LogP contribution in [0.2, 0.25) is 0 Å². The molecule has 2 aromatic rings. The third-order valence-electron chi connectivity index (χ3n) is 3.06. The summed E-state index contributed by atoms with van der Waals surface area (Å²) in [6, 6.07) is 6.07. The number of aromatic nitrogens is 1. The predicted octanol–water partition coefficient (Wildman–Crippen LogP) is 2.31. The zero-order valence-electron chi connectivity index (χ0n) is 11.8. The Bertz CT molecular complexity index is 743. The maximum Gasteiger partial charge on any atom is 0.416 e. The summed E-state index contributed by atoms with van der Waals surface area (Å²) in [6.07, 6.45) is -1.79. The van der Waals surface area contributed by atoms with Crippen molar-refractivity contribution < 1.29 is 18.0 Å². The van der Waals surface area contributed by atoms with Crippen LogP contribution in [-0.4, -0.2) is 16.7 Å². The number of halogens is 3. The Balaban J connectivity index is 2.13. The largest absolute Gasteiger partial charge is 0.416 e. The van der Waals surface area contributed by atoms with Crippen molar-refractivity contribution in [1.29, 1.82) is 5.41 Å². The third kappa shape index (κ3) is 4.06. The highest BCUT2D eigenvalue weighted by Gasteiger charge is 2.30. The number of carbonyl (C=O) groups excluding carboxylic acids is 1. The molecule has 1 heterocycles. The summed E-state index contributed by atoms with van der Waals surface area (Å²) >= 11 is 0. The molecule has 0 saturated heterocycles. The van der Waals surface area contributed by atoms with Crippen molar-refractivity contribution in [3.8, 4) is 0 Å². The summed E-state index contributed by atoms with van der Waals surface area (Å²) in [5.74, 6) is -0.864. The Morgan fingerprint density at radius 3 is 2.65 bits per heavy atom. The lowest BCUT2D eigenvalue weighted by molar-refractivity contribution is -0.137. The molecule has 0 unspecified atom stereocenters. The Labute approximate surface area is 129 Å². The van der Waals surface area contributed by atoms with Gasteiger partial charge in [-0.25, -0.2) is 0 Å². The lowest BCUT2D eigenvalue weighted by atomic mass is 10.1. The average Bonchev–Trinajstić information content (AvgIpc) is 2.52. The maximum absolute atomic E-state index is 12.6. The fourth-order valence-corrected chi connectivity index (χ4v) is 1.94. The number of pyridine rings is 1. The van der Waals surface area contributed by atoms with Gasteiger partial charge >= 0.3 is 6.18 Å². The summed E-state index contributed by atoms with van der Waals surface area (Å²) in [5, 5.41) is 9.90. The van der Waals surface area contributed by atoms with Crippen LogP contribution in [-0.2, 0) is 12.7 Å². The van der Waals surface area contributed by atoms with E-state index in [2.05, 4.69) is 10.3 Å². The second-order valence-electron chi connectivity index (χ2n) is 4.72. The van der Waals surface area contributed by atoms with E-state index in [0.717, 1.165) is 12.1 Å². The zero-order valence-corrected chi connectivity index (χ0v) is 11.8. The van der Waals surface area contributed by atoms with Crippen LogP contribution in [0.4, 0.5) is 13.2 Å². The van der Waals surface area contributed by atoms with Crippen LogP contribution >= 0.6 is 0 Å². The van der Waals surface area contributed by atoms with Gasteiger partial charge in [-0.05, 0) is 23.8 Å². The molecular weight excluding hydrogens is 309 g/mol. The number of amides is 1. The van der Waals surface area contributed by atoms with E-state index in [1.165, 1.54) is 30.6 Å². The monoisotopic (exact) mass is 322 g/mol. The standard InChI is InChI=1S/C15H13F3N4O/c16-15(17,18)10-3-1-2-9(6-10)7-22-14(23)11-4-5-21-8-12(11)13(19)20/h1-6,8H,7H2,(H3,19,20)(H,22,23). The van der Waals surface area contributed by atoms with Gasteiger partial charge in [-0.1, -0.05) is 12.1 Å². The number of hydrogen-bond donors (Lipinski definition) is 3. The first-order chi connectivity index (χ1) is 10.8. The molecule has 0 bridgehead atoms. The molecule has 0 radical (unpaired) electrons. The fourth-order valence-electron chi connectivity index (χ4n) is 1.94. The van der Waals surface area contributed by atoms with Crippen LogP contribution in [0.25, 0.3) is 0 Å². The minimum absolute atomic E-state index is 0.0809. The van der Waals surface area contributed by atoms with Gasteiger partial charge in [0, 0.05) is 24.5 Å². The van der Waals surface area contributed by atoms with Crippen LogP contribution in [0.5, 0.6) is 0 Å². The van der Waals surface area contributed by atoms with Crippen molar-refractivity contribution in [2.75, 3.05) is 0 Å². The van der Waals surface area contributed by atoms with Gasteiger partial charge in [0.05, 0.1) is 11.1 Å². The Morgan fingerprint density at radius 1 is 1.26 bits per heavy atom. The van der Waals surface area contributed by atoms with Gasteiger partial charge in [0.1, 0.15) is 5.84 Å². The van der Waals surface area contributed by atoms with Crippen molar-refractivity contribution in [1.82, 2.24) is 10.3 Å². The van der Waals surface area contributed by atoms with Gasteiger partial charge in [-0.2, -0.15) is 13.2 Å². The van der Waals surface area contributed by atoms with Crippen molar-refractivity contribution in [3.05, 3.63) is 65.0 Å². The minimum Gasteiger partial charge on any atom is -0.384 e. The number of alkyl halides is 3. The van der Waals surface area contributed by atoms with Gasteiger partial charge < -0.3 is 11.1 Å². The zero-order chi connectivity index (χ0) is 17.0. The topological polar surface area (TPSA) is 91.9 Å². The van der Waals surface area contributed by atoms with E-state index in [-0.39, 0.29) is 23.5 Å².